The molecular formula is C13H19NO2. The molecule has 0 spiro atoms. The van der Waals surface area contributed by atoms with Crippen molar-refractivity contribution in [1.82, 2.24) is 0 Å². The van der Waals surface area contributed by atoms with Gasteiger partial charge in [-0.25, -0.2) is 0 Å². The molecule has 1 aromatic rings. The van der Waals surface area contributed by atoms with E-state index in [1.165, 1.54) is 5.56 Å². The number of ether oxygens (including phenoxy) is 2. The van der Waals surface area contributed by atoms with Gasteiger partial charge in [-0.15, -0.1) is 0 Å². The van der Waals surface area contributed by atoms with Crippen molar-refractivity contribution in [2.75, 3.05) is 19.8 Å². The van der Waals surface area contributed by atoms with Crippen LogP contribution in [0.2, 0.25) is 0 Å². The van der Waals surface area contributed by atoms with Crippen molar-refractivity contribution in [3.8, 4) is 5.75 Å². The lowest BCUT2D eigenvalue weighted by Gasteiger charge is -2.18. The Morgan fingerprint density at radius 1 is 1.56 bits per heavy atom. The number of hydrogen-bond donors (Lipinski definition) is 1. The van der Waals surface area contributed by atoms with E-state index in [0.717, 1.165) is 25.4 Å². The van der Waals surface area contributed by atoms with E-state index in [4.69, 9.17) is 15.2 Å². The summed E-state index contributed by atoms with van der Waals surface area (Å²) in [6.45, 7) is 4.23. The van der Waals surface area contributed by atoms with Gasteiger partial charge in [0.2, 0.25) is 0 Å². The van der Waals surface area contributed by atoms with Crippen molar-refractivity contribution >= 4 is 0 Å². The van der Waals surface area contributed by atoms with Gasteiger partial charge in [-0.3, -0.25) is 0 Å². The smallest absolute Gasteiger partial charge is 0.119 e. The molecule has 0 radical (unpaired) electrons. The van der Waals surface area contributed by atoms with Gasteiger partial charge in [0.25, 0.3) is 0 Å². The first-order valence-corrected chi connectivity index (χ1v) is 5.78. The summed E-state index contributed by atoms with van der Waals surface area (Å²) in [6.07, 6.45) is 1.05. The molecule has 0 bridgehead atoms. The van der Waals surface area contributed by atoms with Gasteiger partial charge in [0, 0.05) is 18.6 Å². The molecule has 3 nitrogen and oxygen atoms in total. The second-order valence-corrected chi connectivity index (χ2v) is 4.42. The Kier molecular flexibility index (Phi) is 3.80. The van der Waals surface area contributed by atoms with E-state index in [2.05, 4.69) is 13.0 Å². The first-order valence-electron chi connectivity index (χ1n) is 5.78. The molecule has 2 N–H and O–H groups in total. The van der Waals surface area contributed by atoms with Crippen LogP contribution in [0.4, 0.5) is 0 Å². The number of rotatable bonds is 4. The highest BCUT2D eigenvalue weighted by molar-refractivity contribution is 5.27. The highest BCUT2D eigenvalue weighted by Gasteiger charge is 2.23. The lowest BCUT2D eigenvalue weighted by Crippen LogP contribution is -2.36. The monoisotopic (exact) mass is 221 g/mol. The van der Waals surface area contributed by atoms with Crippen LogP contribution >= 0.6 is 0 Å². The van der Waals surface area contributed by atoms with Crippen molar-refractivity contribution in [2.45, 2.75) is 19.4 Å². The Morgan fingerprint density at radius 3 is 3.12 bits per heavy atom. The number of hydrogen-bond acceptors (Lipinski definition) is 3. The highest BCUT2D eigenvalue weighted by Crippen LogP contribution is 2.17. The minimum Gasteiger partial charge on any atom is -0.492 e. The third kappa shape index (κ3) is 2.97. The Labute approximate surface area is 96.5 Å². The Bertz CT molecular complexity index is 334. The second kappa shape index (κ2) is 5.32. The zero-order valence-corrected chi connectivity index (χ0v) is 9.69. The maximum atomic E-state index is 6.06. The summed E-state index contributed by atoms with van der Waals surface area (Å²) in [6, 6.07) is 8.11. The number of aryl methyl sites for hydroxylation is 1. The van der Waals surface area contributed by atoms with Gasteiger partial charge < -0.3 is 15.2 Å². The molecule has 16 heavy (non-hydrogen) atoms. The Morgan fingerprint density at radius 2 is 2.44 bits per heavy atom. The van der Waals surface area contributed by atoms with E-state index in [1.807, 2.05) is 18.2 Å². The molecular weight excluding hydrogens is 202 g/mol. The molecule has 1 heterocycles. The first-order chi connectivity index (χ1) is 7.75. The van der Waals surface area contributed by atoms with E-state index >= 15 is 0 Å². The van der Waals surface area contributed by atoms with Gasteiger partial charge in [-0.05, 0) is 31.0 Å². The third-order valence-electron chi connectivity index (χ3n) is 3.00. The summed E-state index contributed by atoms with van der Waals surface area (Å²) in [5.74, 6) is 1.35. The molecule has 0 saturated carbocycles. The van der Waals surface area contributed by atoms with E-state index in [1.54, 1.807) is 0 Å². The zero-order chi connectivity index (χ0) is 11.4. The molecule has 2 rings (SSSR count). The number of nitrogens with two attached hydrogens (primary N) is 1. The van der Waals surface area contributed by atoms with Crippen molar-refractivity contribution < 1.29 is 9.47 Å². The predicted molar refractivity (Wildman–Crippen MR) is 63.6 cm³/mol. The Balaban J connectivity index is 1.82. The largest absolute Gasteiger partial charge is 0.492 e. The third-order valence-corrected chi connectivity index (χ3v) is 3.00. The molecule has 88 valence electrons. The molecule has 2 unspecified atom stereocenters. The lowest BCUT2D eigenvalue weighted by atomic mass is 10.0. The minimum atomic E-state index is 0.0722. The molecule has 3 heteroatoms. The molecule has 1 aromatic carbocycles. The van der Waals surface area contributed by atoms with Gasteiger partial charge in [0.1, 0.15) is 12.4 Å². The predicted octanol–water partition coefficient (Wildman–Crippen LogP) is 1.74. The molecule has 1 aliphatic heterocycles. The fourth-order valence-corrected chi connectivity index (χ4v) is 1.92. The SMILES string of the molecule is Cc1cccc(OCC(N)C2CCOC2)c1. The van der Waals surface area contributed by atoms with Crippen molar-refractivity contribution in [2.24, 2.45) is 11.7 Å². The standard InChI is InChI=1S/C13H19NO2/c1-10-3-2-4-12(7-10)16-9-13(14)11-5-6-15-8-11/h2-4,7,11,13H,5-6,8-9,14H2,1H3. The highest BCUT2D eigenvalue weighted by atomic mass is 16.5. The topological polar surface area (TPSA) is 44.5 Å². The van der Waals surface area contributed by atoms with E-state index in [0.29, 0.717) is 12.5 Å². The van der Waals surface area contributed by atoms with Gasteiger partial charge >= 0.3 is 0 Å². The van der Waals surface area contributed by atoms with Crippen molar-refractivity contribution in [3.05, 3.63) is 29.8 Å². The minimum absolute atomic E-state index is 0.0722. The van der Waals surface area contributed by atoms with Crippen molar-refractivity contribution in [3.63, 3.8) is 0 Å². The van der Waals surface area contributed by atoms with Crippen LogP contribution in [0.25, 0.3) is 0 Å². The quantitative estimate of drug-likeness (QED) is 0.842. The Hall–Kier alpha value is -1.06. The molecule has 0 aliphatic carbocycles. The molecule has 2 atom stereocenters. The average molecular weight is 221 g/mol. The number of benzene rings is 1. The van der Waals surface area contributed by atoms with E-state index in [-0.39, 0.29) is 6.04 Å². The van der Waals surface area contributed by atoms with Gasteiger partial charge in [-0.2, -0.15) is 0 Å². The van der Waals surface area contributed by atoms with E-state index in [9.17, 15) is 0 Å². The second-order valence-electron chi connectivity index (χ2n) is 4.42. The summed E-state index contributed by atoms with van der Waals surface area (Å²) in [4.78, 5) is 0. The zero-order valence-electron chi connectivity index (χ0n) is 9.69. The van der Waals surface area contributed by atoms with Crippen LogP contribution in [-0.4, -0.2) is 25.9 Å². The average Bonchev–Trinajstić information content (AvgIpc) is 2.79. The van der Waals surface area contributed by atoms with Crippen molar-refractivity contribution in [1.29, 1.82) is 0 Å². The fraction of sp³-hybridized carbons (Fsp3) is 0.538. The normalized spacial score (nSPS) is 22.0. The van der Waals surface area contributed by atoms with Gasteiger partial charge in [0.05, 0.1) is 6.61 Å². The maximum absolute atomic E-state index is 6.06. The lowest BCUT2D eigenvalue weighted by molar-refractivity contribution is 0.170. The first kappa shape index (κ1) is 11.4. The summed E-state index contributed by atoms with van der Waals surface area (Å²) in [5, 5.41) is 0. The summed E-state index contributed by atoms with van der Waals surface area (Å²) >= 11 is 0. The van der Waals surface area contributed by atoms with Crippen LogP contribution in [0, 0.1) is 12.8 Å². The molecule has 0 aromatic heterocycles. The van der Waals surface area contributed by atoms with Crippen LogP contribution in [0.1, 0.15) is 12.0 Å². The van der Waals surface area contributed by atoms with Crippen LogP contribution in [0.5, 0.6) is 5.75 Å². The summed E-state index contributed by atoms with van der Waals surface area (Å²) < 4.78 is 11.0. The van der Waals surface area contributed by atoms with Crippen LogP contribution in [0.15, 0.2) is 24.3 Å². The van der Waals surface area contributed by atoms with E-state index < -0.39 is 0 Å². The van der Waals surface area contributed by atoms with Crippen LogP contribution in [-0.2, 0) is 4.74 Å². The molecule has 0 amide bonds. The maximum Gasteiger partial charge on any atom is 0.119 e. The summed E-state index contributed by atoms with van der Waals surface area (Å²) in [7, 11) is 0. The van der Waals surface area contributed by atoms with Gasteiger partial charge in [0.15, 0.2) is 0 Å². The molecule has 1 fully saturated rings. The molecule has 1 aliphatic rings. The van der Waals surface area contributed by atoms with Crippen LogP contribution in [0.3, 0.4) is 0 Å². The summed E-state index contributed by atoms with van der Waals surface area (Å²) in [5.41, 5.74) is 7.26. The van der Waals surface area contributed by atoms with Crippen LogP contribution < -0.4 is 10.5 Å². The molecule has 1 saturated heterocycles. The van der Waals surface area contributed by atoms with Gasteiger partial charge in [-0.1, -0.05) is 12.1 Å². The fourth-order valence-electron chi connectivity index (χ4n) is 1.92.